The van der Waals surface area contributed by atoms with Gasteiger partial charge in [0.1, 0.15) is 0 Å². The summed E-state index contributed by atoms with van der Waals surface area (Å²) in [6.07, 6.45) is 0.335. The molecule has 2 rings (SSSR count). The van der Waals surface area contributed by atoms with Crippen molar-refractivity contribution < 1.29 is 4.79 Å². The summed E-state index contributed by atoms with van der Waals surface area (Å²) in [6, 6.07) is 13.0. The molecule has 0 atom stereocenters. The van der Waals surface area contributed by atoms with Gasteiger partial charge in [0.15, 0.2) is 5.78 Å². The van der Waals surface area contributed by atoms with Gasteiger partial charge in [-0.05, 0) is 24.6 Å². The second kappa shape index (κ2) is 5.55. The summed E-state index contributed by atoms with van der Waals surface area (Å²) in [5.74, 6) is -0.0203. The number of ketones is 1. The minimum atomic E-state index is -0.0203. The molecule has 2 aromatic carbocycles. The van der Waals surface area contributed by atoms with Gasteiger partial charge in [-0.25, -0.2) is 0 Å². The largest absolute Gasteiger partial charge is 0.294 e. The molecule has 0 aliphatic rings. The Morgan fingerprint density at radius 2 is 1.83 bits per heavy atom. The Balaban J connectivity index is 2.25. The number of carbonyl (C=O) groups excluding carboxylic acids is 1. The molecular weight excluding hydrogens is 267 g/mol. The van der Waals surface area contributed by atoms with Gasteiger partial charge >= 0.3 is 0 Å². The van der Waals surface area contributed by atoms with Gasteiger partial charge in [0, 0.05) is 12.0 Å². The summed E-state index contributed by atoms with van der Waals surface area (Å²) in [5, 5.41) is 0.739. The number of halogens is 2. The number of hydrogen-bond donors (Lipinski definition) is 0. The Hall–Kier alpha value is -1.31. The normalized spacial score (nSPS) is 10.4. The zero-order chi connectivity index (χ0) is 13.1. The van der Waals surface area contributed by atoms with Crippen LogP contribution in [0.25, 0.3) is 0 Å². The number of benzene rings is 2. The molecule has 0 aromatic heterocycles. The maximum atomic E-state index is 12.2. The van der Waals surface area contributed by atoms with Gasteiger partial charge in [-0.1, -0.05) is 59.1 Å². The summed E-state index contributed by atoms with van der Waals surface area (Å²) in [4.78, 5) is 12.2. The molecule has 0 N–H and O–H groups in total. The quantitative estimate of drug-likeness (QED) is 0.742. The highest BCUT2D eigenvalue weighted by Crippen LogP contribution is 2.26. The Kier molecular flexibility index (Phi) is 4.05. The van der Waals surface area contributed by atoms with E-state index in [4.69, 9.17) is 23.2 Å². The first-order valence-corrected chi connectivity index (χ1v) is 6.36. The first kappa shape index (κ1) is 13.1. The van der Waals surface area contributed by atoms with Crippen LogP contribution in [0, 0.1) is 6.92 Å². The molecule has 0 aliphatic heterocycles. The molecule has 92 valence electrons. The lowest BCUT2D eigenvalue weighted by atomic mass is 10.0. The van der Waals surface area contributed by atoms with Crippen molar-refractivity contribution >= 4 is 29.0 Å². The fourth-order valence-electron chi connectivity index (χ4n) is 1.82. The Labute approximate surface area is 116 Å². The van der Waals surface area contributed by atoms with E-state index in [1.54, 1.807) is 18.2 Å². The second-order valence-electron chi connectivity index (χ2n) is 4.19. The van der Waals surface area contributed by atoms with E-state index < -0.39 is 0 Å². The lowest BCUT2D eigenvalue weighted by Crippen LogP contribution is -2.04. The van der Waals surface area contributed by atoms with Gasteiger partial charge in [0.2, 0.25) is 0 Å². The summed E-state index contributed by atoms with van der Waals surface area (Å²) < 4.78 is 0. The summed E-state index contributed by atoms with van der Waals surface area (Å²) in [5.41, 5.74) is 2.60. The molecule has 0 aliphatic carbocycles. The molecule has 0 bridgehead atoms. The molecule has 3 heteroatoms. The van der Waals surface area contributed by atoms with E-state index in [1.165, 1.54) is 0 Å². The number of aryl methyl sites for hydroxylation is 1. The van der Waals surface area contributed by atoms with Gasteiger partial charge in [0.25, 0.3) is 0 Å². The van der Waals surface area contributed by atoms with Crippen molar-refractivity contribution in [2.75, 3.05) is 0 Å². The van der Waals surface area contributed by atoms with Crippen molar-refractivity contribution in [1.29, 1.82) is 0 Å². The smallest absolute Gasteiger partial charge is 0.168 e. The van der Waals surface area contributed by atoms with Crippen LogP contribution in [0.4, 0.5) is 0 Å². The van der Waals surface area contributed by atoms with Crippen LogP contribution >= 0.6 is 23.2 Å². The van der Waals surface area contributed by atoms with Crippen molar-refractivity contribution in [3.8, 4) is 0 Å². The van der Waals surface area contributed by atoms with E-state index in [2.05, 4.69) is 0 Å². The lowest BCUT2D eigenvalue weighted by molar-refractivity contribution is 0.0993. The number of Topliss-reactive ketones (excluding diaryl/α,β-unsaturated/α-hetero) is 1. The average Bonchev–Trinajstić information content (AvgIpc) is 2.32. The third kappa shape index (κ3) is 2.92. The molecule has 0 saturated carbocycles. The minimum Gasteiger partial charge on any atom is -0.294 e. The van der Waals surface area contributed by atoms with Crippen molar-refractivity contribution in [3.05, 3.63) is 69.2 Å². The number of rotatable bonds is 3. The molecular formula is C15H12Cl2O. The zero-order valence-corrected chi connectivity index (χ0v) is 11.4. The average molecular weight is 279 g/mol. The Morgan fingerprint density at radius 3 is 2.56 bits per heavy atom. The predicted octanol–water partition coefficient (Wildman–Crippen LogP) is 4.73. The van der Waals surface area contributed by atoms with Crippen LogP contribution in [0.3, 0.4) is 0 Å². The molecule has 0 amide bonds. The van der Waals surface area contributed by atoms with Crippen LogP contribution in [0.5, 0.6) is 0 Å². The molecule has 0 spiro atoms. The third-order valence-electron chi connectivity index (χ3n) is 2.70. The first-order chi connectivity index (χ1) is 8.58. The van der Waals surface area contributed by atoms with E-state index in [9.17, 15) is 4.79 Å². The fraction of sp³-hybridized carbons (Fsp3) is 0.133. The number of hydrogen-bond acceptors (Lipinski definition) is 1. The van der Waals surface area contributed by atoms with Crippen molar-refractivity contribution in [3.63, 3.8) is 0 Å². The standard InChI is InChI=1S/C15H12Cl2O/c1-10-4-2-5-11(8-10)9-14(18)12-6-3-7-13(16)15(12)17/h2-8H,9H2,1H3. The van der Waals surface area contributed by atoms with Crippen LogP contribution in [0.15, 0.2) is 42.5 Å². The van der Waals surface area contributed by atoms with E-state index in [-0.39, 0.29) is 5.78 Å². The van der Waals surface area contributed by atoms with Gasteiger partial charge < -0.3 is 0 Å². The van der Waals surface area contributed by atoms with E-state index in [0.29, 0.717) is 22.0 Å². The summed E-state index contributed by atoms with van der Waals surface area (Å²) in [6.45, 7) is 2.00. The molecule has 0 unspecified atom stereocenters. The monoisotopic (exact) mass is 278 g/mol. The van der Waals surface area contributed by atoms with Crippen LogP contribution in [0.1, 0.15) is 21.5 Å². The lowest BCUT2D eigenvalue weighted by Gasteiger charge is -2.05. The van der Waals surface area contributed by atoms with E-state index in [0.717, 1.165) is 11.1 Å². The molecule has 1 nitrogen and oxygen atoms in total. The molecule has 2 aromatic rings. The third-order valence-corrected chi connectivity index (χ3v) is 3.52. The Morgan fingerprint density at radius 1 is 1.11 bits per heavy atom. The predicted molar refractivity (Wildman–Crippen MR) is 75.7 cm³/mol. The maximum absolute atomic E-state index is 12.2. The molecule has 0 radical (unpaired) electrons. The van der Waals surface area contributed by atoms with Gasteiger partial charge in [-0.3, -0.25) is 4.79 Å². The highest BCUT2D eigenvalue weighted by Gasteiger charge is 2.13. The first-order valence-electron chi connectivity index (χ1n) is 5.60. The SMILES string of the molecule is Cc1cccc(CC(=O)c2cccc(Cl)c2Cl)c1. The zero-order valence-electron chi connectivity index (χ0n) is 9.91. The summed E-state index contributed by atoms with van der Waals surface area (Å²) in [7, 11) is 0. The minimum absolute atomic E-state index is 0.0203. The van der Waals surface area contributed by atoms with E-state index in [1.807, 2.05) is 31.2 Å². The molecule has 0 heterocycles. The van der Waals surface area contributed by atoms with Crippen LogP contribution in [-0.2, 0) is 6.42 Å². The second-order valence-corrected chi connectivity index (χ2v) is 4.98. The van der Waals surface area contributed by atoms with Gasteiger partial charge in [-0.15, -0.1) is 0 Å². The molecule has 0 fully saturated rings. The molecule has 0 saturated heterocycles. The van der Waals surface area contributed by atoms with Crippen LogP contribution < -0.4 is 0 Å². The molecule has 18 heavy (non-hydrogen) atoms. The fourth-order valence-corrected chi connectivity index (χ4v) is 2.23. The Bertz CT molecular complexity index is 591. The van der Waals surface area contributed by atoms with Gasteiger partial charge in [-0.2, -0.15) is 0 Å². The van der Waals surface area contributed by atoms with E-state index >= 15 is 0 Å². The number of carbonyl (C=O) groups is 1. The van der Waals surface area contributed by atoms with Crippen molar-refractivity contribution in [2.24, 2.45) is 0 Å². The van der Waals surface area contributed by atoms with Crippen LogP contribution in [-0.4, -0.2) is 5.78 Å². The topological polar surface area (TPSA) is 17.1 Å². The van der Waals surface area contributed by atoms with Crippen LogP contribution in [0.2, 0.25) is 10.0 Å². The van der Waals surface area contributed by atoms with Crippen molar-refractivity contribution in [2.45, 2.75) is 13.3 Å². The summed E-state index contributed by atoms with van der Waals surface area (Å²) >= 11 is 11.9. The highest BCUT2D eigenvalue weighted by molar-refractivity contribution is 6.43. The maximum Gasteiger partial charge on any atom is 0.168 e. The van der Waals surface area contributed by atoms with Gasteiger partial charge in [0.05, 0.1) is 10.0 Å². The van der Waals surface area contributed by atoms with Crippen molar-refractivity contribution in [1.82, 2.24) is 0 Å². The highest BCUT2D eigenvalue weighted by atomic mass is 35.5.